The van der Waals surface area contributed by atoms with Crippen LogP contribution < -0.4 is 77.4 Å². The molecule has 38 nitrogen and oxygen atoms in total. The molecule has 0 aliphatic carbocycles. The molecule has 0 spiro atoms. The molecule has 2 saturated heterocycles. The van der Waals surface area contributed by atoms with Crippen LogP contribution in [0.4, 0.5) is 37.1 Å². The van der Waals surface area contributed by atoms with Gasteiger partial charge in [-0.05, 0) is 155 Å². The Bertz CT molecular complexity index is 4280. The van der Waals surface area contributed by atoms with Crippen molar-refractivity contribution in [2.75, 3.05) is 153 Å². The Morgan fingerprint density at radius 2 is 1.07 bits per heavy atom. The average molecular weight is 1780 g/mol. The van der Waals surface area contributed by atoms with Gasteiger partial charge >= 0.3 is 24.2 Å². The lowest BCUT2D eigenvalue weighted by molar-refractivity contribution is -0.155. The van der Waals surface area contributed by atoms with Crippen LogP contribution in [0.15, 0.2) is 84.9 Å². The van der Waals surface area contributed by atoms with E-state index in [0.717, 1.165) is 11.3 Å². The maximum absolute atomic E-state index is 14.4. The summed E-state index contributed by atoms with van der Waals surface area (Å²) >= 11 is 0. The average Bonchev–Trinajstić information content (AvgIpc) is 1.63. The van der Waals surface area contributed by atoms with E-state index in [1.807, 2.05) is 13.8 Å². The van der Waals surface area contributed by atoms with Crippen molar-refractivity contribution in [3.05, 3.63) is 107 Å². The Kier molecular flexibility index (Phi) is 40.5. The quantitative estimate of drug-likeness (QED) is 0.00682. The fourth-order valence-electron chi connectivity index (χ4n) is 14.1. The largest absolute Gasteiger partial charge is 0.493 e. The number of hydrogen-bond acceptors (Lipinski definition) is 29. The van der Waals surface area contributed by atoms with E-state index in [1.165, 1.54) is 36.2 Å². The topological polar surface area (TPSA) is 469 Å². The van der Waals surface area contributed by atoms with Crippen LogP contribution in [-0.2, 0) is 84.6 Å². The summed E-state index contributed by atoms with van der Waals surface area (Å²) in [6.07, 6.45) is -1.74. The second kappa shape index (κ2) is 50.6. The summed E-state index contributed by atoms with van der Waals surface area (Å²) in [5, 5.41) is 32.1. The molecule has 4 aromatic rings. The molecular weight excluding hydrogens is 1650 g/mol. The Morgan fingerprint density at radius 1 is 0.567 bits per heavy atom. The molecule has 4 heterocycles. The summed E-state index contributed by atoms with van der Waals surface area (Å²) in [6, 6.07) is 16.9. The smallest absolute Gasteiger partial charge is 0.416 e. The van der Waals surface area contributed by atoms with Crippen LogP contribution in [0.2, 0.25) is 0 Å². The van der Waals surface area contributed by atoms with Crippen molar-refractivity contribution in [3.8, 4) is 23.0 Å². The molecule has 8 atom stereocenters. The Balaban J connectivity index is 0.758. The fraction of sp³-hybridized carbons (Fsp3) is 0.596. The van der Waals surface area contributed by atoms with Crippen LogP contribution in [0, 0.1) is 0 Å². The Morgan fingerprint density at radius 3 is 1.61 bits per heavy atom. The minimum Gasteiger partial charge on any atom is -0.493 e. The lowest BCUT2D eigenvalue weighted by Gasteiger charge is -2.31. The minimum atomic E-state index is -1.56. The number of aliphatic hydroxyl groups excluding tert-OH is 1. The molecule has 38 heteroatoms. The number of aliphatic hydroxyl groups is 1. The van der Waals surface area contributed by atoms with E-state index >= 15 is 0 Å². The molecule has 0 aromatic heterocycles. The number of nitrogens with two attached hydrogens (primary N) is 2. The lowest BCUT2D eigenvalue weighted by Crippen LogP contribution is -2.50. The third kappa shape index (κ3) is 33.7. The molecule has 4 aliphatic rings. The van der Waals surface area contributed by atoms with Gasteiger partial charge in [0.1, 0.15) is 36.5 Å². The lowest BCUT2D eigenvalue weighted by atomic mass is 10.1. The second-order valence-corrected chi connectivity index (χ2v) is 33.5. The third-order valence-corrected chi connectivity index (χ3v) is 20.1. The van der Waals surface area contributed by atoms with Gasteiger partial charge in [0, 0.05) is 81.0 Å². The van der Waals surface area contributed by atoms with Gasteiger partial charge in [0.25, 0.3) is 11.8 Å². The molecular formula is C89H131N13O25. The van der Waals surface area contributed by atoms with Crippen LogP contribution in [0.3, 0.4) is 0 Å². The van der Waals surface area contributed by atoms with Gasteiger partial charge in [-0.15, -0.1) is 0 Å². The first kappa shape index (κ1) is 102. The van der Waals surface area contributed by atoms with Crippen molar-refractivity contribution in [1.29, 1.82) is 0 Å². The Hall–Kier alpha value is -10.8. The molecule has 9 amide bonds. The first-order chi connectivity index (χ1) is 60.6. The number of esters is 1. The van der Waals surface area contributed by atoms with E-state index in [9.17, 15) is 53.1 Å². The van der Waals surface area contributed by atoms with Gasteiger partial charge in [-0.1, -0.05) is 36.4 Å². The summed E-state index contributed by atoms with van der Waals surface area (Å²) in [7, 11) is 2.86. The normalized spacial score (nSPS) is 16.7. The summed E-state index contributed by atoms with van der Waals surface area (Å²) in [6.45, 7) is 25.0. The van der Waals surface area contributed by atoms with E-state index in [-0.39, 0.29) is 233 Å². The number of carbonyl (C=O) groups is 10. The zero-order valence-corrected chi connectivity index (χ0v) is 75.2. The summed E-state index contributed by atoms with van der Waals surface area (Å²) in [5.41, 5.74) is 15.2. The Labute approximate surface area is 742 Å². The van der Waals surface area contributed by atoms with Crippen molar-refractivity contribution in [1.82, 2.24) is 36.4 Å². The van der Waals surface area contributed by atoms with Gasteiger partial charge in [0.05, 0.1) is 160 Å². The van der Waals surface area contributed by atoms with Gasteiger partial charge in [0.15, 0.2) is 29.2 Å². The number of anilines is 4. The number of nitrogens with one attached hydrogen (secondary N) is 7. The number of rotatable bonds is 51. The van der Waals surface area contributed by atoms with Crippen LogP contribution >= 0.6 is 0 Å². The predicted molar refractivity (Wildman–Crippen MR) is 470 cm³/mol. The summed E-state index contributed by atoms with van der Waals surface area (Å²) in [4.78, 5) is 138. The molecule has 4 aromatic carbocycles. The molecule has 0 unspecified atom stereocenters. The SMILES string of the molecule is C=C1C[C@H]2[C@H](O)N(C(=O)OCc3ccc(N[C@H](N)COCCOCCOCCC(=O)N[C@@H](C)C(=O)NC(C)C)cc3)c3cc(OCCCOc4cc5c(cc4OC)C(=O)N4CCC[C@H]4CN5C(=O)OCc4ccc(N[C@H](N)COCCOCCOCCC(=O)N[C@@H](CCCCNC(=O)OC(C)(C)C)C(=O)N[C@@H](C)CC(=O)OC(C)(C)C)cc4)c(OC)cc3C(=O)N2C1. The van der Waals surface area contributed by atoms with Gasteiger partial charge in [-0.25, -0.2) is 19.3 Å². The minimum absolute atomic E-state index is 0.0135. The first-order valence-corrected chi connectivity index (χ1v) is 43.2. The van der Waals surface area contributed by atoms with E-state index in [1.54, 1.807) is 121 Å². The van der Waals surface area contributed by atoms with Crippen molar-refractivity contribution < 1.29 is 119 Å². The van der Waals surface area contributed by atoms with Crippen molar-refractivity contribution in [3.63, 3.8) is 0 Å². The third-order valence-electron chi connectivity index (χ3n) is 20.1. The van der Waals surface area contributed by atoms with Crippen molar-refractivity contribution in [2.24, 2.45) is 11.5 Å². The molecule has 702 valence electrons. The summed E-state index contributed by atoms with van der Waals surface area (Å²) in [5.74, 6) is -1.83. The van der Waals surface area contributed by atoms with Crippen molar-refractivity contribution >= 4 is 82.4 Å². The standard InChI is InChI=1S/C89H131N13O25/c1-56(2)93-80(106)59(5)95-77(103)28-34-116-36-38-118-40-42-120-55-76(91)97-63-26-22-61(23-27-63)53-125-87(113)102-69-49-74(72(115-13)47-66(69)83(109)100-50-57(3)44-70(100)84(102)110)123-33-17-32-122-73-48-68-65(46-71(73)114-12)82(108)99-31-16-18-64(99)51-101(68)86(112)124-52-60-20-24-62(25-21-60)96-75(90)54-121-43-41-119-39-37-117-35-29-78(104)98-67(19-14-15-30-92-85(111)127-89(9,10)11)81(107)94-58(4)45-79(105)126-88(6,7)8/h20-27,46-49,56,58-59,64,67,70,75-76,84,96-97,110H,3,14-19,28-45,50-55,90-91H2,1-2,4-13H3,(H,92,111)(H,93,106)(H,94,107)(H,95,103)(H,98,104)/t58-,59-,64-,67-,70-,75-,76-,84-/m0/s1. The number of nitrogens with zero attached hydrogens (tertiary/aromatic N) is 4. The molecule has 0 bridgehead atoms. The van der Waals surface area contributed by atoms with E-state index in [0.29, 0.717) is 60.4 Å². The molecule has 0 radical (unpaired) electrons. The number of fused-ring (bicyclic) bond motifs is 4. The maximum atomic E-state index is 14.4. The van der Waals surface area contributed by atoms with Crippen LogP contribution in [0.25, 0.3) is 0 Å². The van der Waals surface area contributed by atoms with Crippen LogP contribution in [0.5, 0.6) is 23.0 Å². The van der Waals surface area contributed by atoms with Gasteiger partial charge in [-0.3, -0.25) is 38.5 Å². The first-order valence-electron chi connectivity index (χ1n) is 43.2. The van der Waals surface area contributed by atoms with Crippen LogP contribution in [-0.4, -0.2) is 274 Å². The van der Waals surface area contributed by atoms with Crippen molar-refractivity contribution in [2.45, 2.75) is 213 Å². The van der Waals surface area contributed by atoms with E-state index in [2.05, 4.69) is 43.8 Å². The molecule has 2 fully saturated rings. The predicted octanol–water partition coefficient (Wildman–Crippen LogP) is 7.28. The van der Waals surface area contributed by atoms with Gasteiger partial charge in [-0.2, -0.15) is 0 Å². The number of unbranched alkanes of at least 4 members (excludes halogenated alkanes) is 1. The van der Waals surface area contributed by atoms with Gasteiger partial charge in [0.2, 0.25) is 23.6 Å². The number of methoxy groups -OCH3 is 2. The highest BCUT2D eigenvalue weighted by Crippen LogP contribution is 2.44. The molecule has 0 saturated carbocycles. The zero-order valence-electron chi connectivity index (χ0n) is 75.2. The number of hydrogen-bond donors (Lipinski definition) is 10. The molecule has 127 heavy (non-hydrogen) atoms. The van der Waals surface area contributed by atoms with Crippen LogP contribution in [0.1, 0.15) is 165 Å². The second-order valence-electron chi connectivity index (χ2n) is 33.5. The fourth-order valence-corrected chi connectivity index (χ4v) is 14.1. The molecule has 8 rings (SSSR count). The molecule has 4 aliphatic heterocycles. The number of ether oxygens (including phenoxy) is 14. The molecule has 12 N–H and O–H groups in total. The number of benzene rings is 4. The number of carbonyl (C=O) groups excluding carboxylic acids is 10. The highest BCUT2D eigenvalue weighted by molar-refractivity contribution is 6.07. The monoisotopic (exact) mass is 1780 g/mol. The van der Waals surface area contributed by atoms with E-state index in [4.69, 9.17) is 77.8 Å². The maximum Gasteiger partial charge on any atom is 0.416 e. The van der Waals surface area contributed by atoms with Gasteiger partial charge < -0.3 is 130 Å². The number of amides is 9. The van der Waals surface area contributed by atoms with E-state index < -0.39 is 95.9 Å². The number of alkyl carbamates (subject to hydrolysis) is 1. The summed E-state index contributed by atoms with van der Waals surface area (Å²) < 4.78 is 80.5. The highest BCUT2D eigenvalue weighted by atomic mass is 16.6. The highest BCUT2D eigenvalue weighted by Gasteiger charge is 2.47. The zero-order chi connectivity index (χ0) is 92.3.